The molecule has 7 nitrogen and oxygen atoms in total. The first-order valence-corrected chi connectivity index (χ1v) is 9.35. The van der Waals surface area contributed by atoms with Crippen LogP contribution in [0, 0.1) is 0 Å². The highest BCUT2D eigenvalue weighted by Gasteiger charge is 2.15. The molecule has 0 radical (unpaired) electrons. The number of nitrogens with one attached hydrogen (secondary N) is 3. The van der Waals surface area contributed by atoms with Crippen LogP contribution in [0.5, 0.6) is 0 Å². The van der Waals surface area contributed by atoms with Crippen molar-refractivity contribution < 1.29 is 9.32 Å². The number of rotatable bonds is 7. The van der Waals surface area contributed by atoms with Gasteiger partial charge >= 0.3 is 0 Å². The van der Waals surface area contributed by atoms with Gasteiger partial charge in [-0.2, -0.15) is 0 Å². The lowest BCUT2D eigenvalue weighted by atomic mass is 9.95. The van der Waals surface area contributed by atoms with Gasteiger partial charge in [0.25, 0.3) is 0 Å². The minimum atomic E-state index is -0.0223. The van der Waals surface area contributed by atoms with Gasteiger partial charge in [0, 0.05) is 18.7 Å². The van der Waals surface area contributed by atoms with E-state index in [0.29, 0.717) is 24.5 Å². The van der Waals surface area contributed by atoms with Crippen LogP contribution in [0.4, 0.5) is 0 Å². The molecule has 0 unspecified atom stereocenters. The molecule has 0 atom stereocenters. The number of carbonyl (C=O) groups excluding carboxylic acids is 1. The Morgan fingerprint density at radius 2 is 2.08 bits per heavy atom. The predicted molar refractivity (Wildman–Crippen MR) is 98.4 cm³/mol. The van der Waals surface area contributed by atoms with E-state index in [4.69, 9.17) is 4.52 Å². The zero-order valence-corrected chi connectivity index (χ0v) is 15.6. The van der Waals surface area contributed by atoms with Gasteiger partial charge in [0.05, 0.1) is 12.2 Å². The molecule has 7 heteroatoms. The number of nitrogens with zero attached hydrogens (tertiary/aromatic N) is 2. The van der Waals surface area contributed by atoms with E-state index >= 15 is 0 Å². The lowest BCUT2D eigenvalue weighted by molar-refractivity contribution is -0.120. The Morgan fingerprint density at radius 3 is 2.72 bits per heavy atom. The van der Waals surface area contributed by atoms with Crippen molar-refractivity contribution in [1.82, 2.24) is 21.1 Å². The standard InChI is InChI=1S/C18H31N5O2/c1-4-19-18(20-11-15-10-16(13(2)3)23-25-15)21-12-17(24)22-14-8-6-5-7-9-14/h10,13-14H,4-9,11-12H2,1-3H3,(H,22,24)(H2,19,20,21). The minimum absolute atomic E-state index is 0.0223. The van der Waals surface area contributed by atoms with E-state index in [1.165, 1.54) is 19.3 Å². The zero-order valence-electron chi connectivity index (χ0n) is 15.6. The van der Waals surface area contributed by atoms with Gasteiger partial charge in [-0.1, -0.05) is 38.3 Å². The summed E-state index contributed by atoms with van der Waals surface area (Å²) in [5, 5.41) is 13.4. The lowest BCUT2D eigenvalue weighted by Gasteiger charge is -2.22. The molecule has 2 rings (SSSR count). The van der Waals surface area contributed by atoms with Gasteiger partial charge in [-0.3, -0.25) is 4.79 Å². The normalized spacial score (nSPS) is 16.1. The summed E-state index contributed by atoms with van der Waals surface area (Å²) >= 11 is 0. The highest BCUT2D eigenvalue weighted by Crippen LogP contribution is 2.17. The second kappa shape index (κ2) is 10.1. The fourth-order valence-electron chi connectivity index (χ4n) is 2.87. The largest absolute Gasteiger partial charge is 0.359 e. The average Bonchev–Trinajstić information content (AvgIpc) is 3.07. The van der Waals surface area contributed by atoms with Crippen LogP contribution in [-0.4, -0.2) is 36.2 Å². The number of guanidine groups is 1. The van der Waals surface area contributed by atoms with E-state index in [2.05, 4.69) is 39.9 Å². The molecule has 140 valence electrons. The summed E-state index contributed by atoms with van der Waals surface area (Å²) in [6, 6.07) is 2.26. The first-order valence-electron chi connectivity index (χ1n) is 9.35. The molecule has 3 N–H and O–H groups in total. The number of hydrogen-bond donors (Lipinski definition) is 3. The van der Waals surface area contributed by atoms with Gasteiger partial charge < -0.3 is 20.5 Å². The van der Waals surface area contributed by atoms with E-state index in [9.17, 15) is 4.79 Å². The molecule has 1 heterocycles. The highest BCUT2D eigenvalue weighted by atomic mass is 16.5. The second-order valence-electron chi connectivity index (χ2n) is 6.82. The Labute approximate surface area is 150 Å². The van der Waals surface area contributed by atoms with Gasteiger partial charge in [-0.05, 0) is 25.7 Å². The van der Waals surface area contributed by atoms with Crippen molar-refractivity contribution >= 4 is 11.9 Å². The molecule has 1 fully saturated rings. The number of hydrogen-bond acceptors (Lipinski definition) is 4. The van der Waals surface area contributed by atoms with Crippen LogP contribution in [0.25, 0.3) is 0 Å². The predicted octanol–water partition coefficient (Wildman–Crippen LogP) is 2.30. The Bertz CT molecular complexity index is 562. The van der Waals surface area contributed by atoms with Gasteiger partial charge in [-0.15, -0.1) is 0 Å². The van der Waals surface area contributed by atoms with E-state index in [1.807, 2.05) is 13.0 Å². The second-order valence-corrected chi connectivity index (χ2v) is 6.82. The molecule has 1 amide bonds. The Kier molecular flexibility index (Phi) is 7.76. The van der Waals surface area contributed by atoms with E-state index in [-0.39, 0.29) is 12.5 Å². The third-order valence-corrected chi connectivity index (χ3v) is 4.29. The van der Waals surface area contributed by atoms with Crippen molar-refractivity contribution in [3.8, 4) is 0 Å². The molecule has 1 aromatic heterocycles. The van der Waals surface area contributed by atoms with Gasteiger partial charge in [-0.25, -0.2) is 4.99 Å². The smallest absolute Gasteiger partial charge is 0.242 e. The van der Waals surface area contributed by atoms with Crippen LogP contribution in [0.15, 0.2) is 15.6 Å². The summed E-state index contributed by atoms with van der Waals surface area (Å²) in [6.07, 6.45) is 5.84. The van der Waals surface area contributed by atoms with Crippen LogP contribution in [-0.2, 0) is 11.3 Å². The monoisotopic (exact) mass is 349 g/mol. The maximum atomic E-state index is 12.1. The number of aliphatic imine (C=N–C) groups is 1. The van der Waals surface area contributed by atoms with Crippen LogP contribution in [0.3, 0.4) is 0 Å². The number of amides is 1. The molecule has 0 aliphatic heterocycles. The van der Waals surface area contributed by atoms with Crippen molar-refractivity contribution in [2.45, 2.75) is 71.4 Å². The lowest BCUT2D eigenvalue weighted by Crippen LogP contribution is -2.40. The SMILES string of the molecule is CCNC(=NCC(=O)NC1CCCCC1)NCc1cc(C(C)C)no1. The Morgan fingerprint density at radius 1 is 1.32 bits per heavy atom. The van der Waals surface area contributed by atoms with E-state index in [1.54, 1.807) is 0 Å². The molecule has 25 heavy (non-hydrogen) atoms. The van der Waals surface area contributed by atoms with Gasteiger partial charge in [0.2, 0.25) is 5.91 Å². The Balaban J connectivity index is 1.81. The third kappa shape index (κ3) is 6.76. The summed E-state index contributed by atoms with van der Waals surface area (Å²) in [6.45, 7) is 7.47. The van der Waals surface area contributed by atoms with Crippen LogP contribution < -0.4 is 16.0 Å². The Hall–Kier alpha value is -2.05. The summed E-state index contributed by atoms with van der Waals surface area (Å²) < 4.78 is 5.31. The minimum Gasteiger partial charge on any atom is -0.359 e. The molecule has 0 spiro atoms. The molecule has 0 saturated heterocycles. The molecule has 1 aliphatic carbocycles. The molecule has 0 bridgehead atoms. The van der Waals surface area contributed by atoms with Crippen molar-refractivity contribution in [3.63, 3.8) is 0 Å². The first kappa shape index (κ1) is 19.3. The van der Waals surface area contributed by atoms with Crippen LogP contribution >= 0.6 is 0 Å². The van der Waals surface area contributed by atoms with Crippen molar-refractivity contribution in [1.29, 1.82) is 0 Å². The average molecular weight is 349 g/mol. The van der Waals surface area contributed by atoms with Crippen LogP contribution in [0.2, 0.25) is 0 Å². The fourth-order valence-corrected chi connectivity index (χ4v) is 2.87. The highest BCUT2D eigenvalue weighted by molar-refractivity contribution is 5.84. The van der Waals surface area contributed by atoms with Crippen molar-refractivity contribution in [3.05, 3.63) is 17.5 Å². The van der Waals surface area contributed by atoms with Crippen molar-refractivity contribution in [2.75, 3.05) is 13.1 Å². The molecule has 1 aromatic rings. The molecule has 1 aliphatic rings. The molecular weight excluding hydrogens is 318 g/mol. The summed E-state index contributed by atoms with van der Waals surface area (Å²) in [7, 11) is 0. The third-order valence-electron chi connectivity index (χ3n) is 4.29. The van der Waals surface area contributed by atoms with Crippen molar-refractivity contribution in [2.24, 2.45) is 4.99 Å². The van der Waals surface area contributed by atoms with Crippen LogP contribution in [0.1, 0.15) is 70.2 Å². The maximum absolute atomic E-state index is 12.1. The van der Waals surface area contributed by atoms with Gasteiger partial charge in [0.15, 0.2) is 11.7 Å². The van der Waals surface area contributed by atoms with E-state index in [0.717, 1.165) is 30.8 Å². The topological polar surface area (TPSA) is 91.5 Å². The maximum Gasteiger partial charge on any atom is 0.242 e. The summed E-state index contributed by atoms with van der Waals surface area (Å²) in [5.74, 6) is 1.67. The molecule has 0 aromatic carbocycles. The summed E-state index contributed by atoms with van der Waals surface area (Å²) in [4.78, 5) is 16.4. The van der Waals surface area contributed by atoms with Gasteiger partial charge in [0.1, 0.15) is 6.54 Å². The number of aromatic nitrogens is 1. The first-order chi connectivity index (χ1) is 12.1. The zero-order chi connectivity index (χ0) is 18.1. The fraction of sp³-hybridized carbons (Fsp3) is 0.722. The number of carbonyl (C=O) groups is 1. The molecule has 1 saturated carbocycles. The summed E-state index contributed by atoms with van der Waals surface area (Å²) in [5.41, 5.74) is 0.936. The molecular formula is C18H31N5O2. The quantitative estimate of drug-likeness (QED) is 0.519. The van der Waals surface area contributed by atoms with E-state index < -0.39 is 0 Å².